The van der Waals surface area contributed by atoms with Crippen LogP contribution in [0.2, 0.25) is 0 Å². The molecule has 0 saturated carbocycles. The van der Waals surface area contributed by atoms with Crippen molar-refractivity contribution in [1.29, 1.82) is 0 Å². The van der Waals surface area contributed by atoms with Gasteiger partial charge in [0.2, 0.25) is 0 Å². The number of pyridine rings is 1. The number of carbonyl (C=O) groups excluding carboxylic acids is 2. The van der Waals surface area contributed by atoms with Crippen molar-refractivity contribution in [2.75, 3.05) is 11.9 Å². The van der Waals surface area contributed by atoms with Gasteiger partial charge >= 0.3 is 0 Å². The maximum Gasteiger partial charge on any atom is 0.276 e. The van der Waals surface area contributed by atoms with Gasteiger partial charge in [-0.15, -0.1) is 0 Å². The molecule has 2 amide bonds. The number of benzene rings is 2. The zero-order valence-electron chi connectivity index (χ0n) is 19.8. The third-order valence-electron chi connectivity index (χ3n) is 5.12. The van der Waals surface area contributed by atoms with Crippen LogP contribution in [-0.2, 0) is 0 Å². The van der Waals surface area contributed by atoms with Gasteiger partial charge in [0.15, 0.2) is 5.69 Å². The minimum atomic E-state index is -0.665. The molecule has 0 aliphatic heterocycles. The molecule has 2 heterocycles. The molecule has 0 aliphatic carbocycles. The van der Waals surface area contributed by atoms with Gasteiger partial charge in [0, 0.05) is 35.0 Å². The third kappa shape index (κ3) is 6.07. The van der Waals surface area contributed by atoms with Gasteiger partial charge in [0.1, 0.15) is 28.7 Å². The van der Waals surface area contributed by atoms with E-state index in [-0.39, 0.29) is 23.0 Å². The van der Waals surface area contributed by atoms with E-state index in [2.05, 4.69) is 36.6 Å². The third-order valence-corrected chi connectivity index (χ3v) is 5.62. The molecular formula is C26H21BrFN5O4. The SMILES string of the molecule is CCNC(=O)c1cc(Oc2ccc(NC(=O)c3nn(-c4ccc(Br)cc4F)c(=O)cc3C)cc2)ccn1. The number of carbonyl (C=O) groups is 2. The van der Waals surface area contributed by atoms with E-state index in [1.165, 1.54) is 30.5 Å². The Balaban J connectivity index is 1.50. The molecule has 2 aromatic heterocycles. The predicted molar refractivity (Wildman–Crippen MR) is 139 cm³/mol. The molecule has 0 radical (unpaired) electrons. The largest absolute Gasteiger partial charge is 0.457 e. The first kappa shape index (κ1) is 25.7. The first-order valence-electron chi connectivity index (χ1n) is 11.1. The van der Waals surface area contributed by atoms with Crippen molar-refractivity contribution >= 4 is 33.4 Å². The fourth-order valence-corrected chi connectivity index (χ4v) is 3.71. The van der Waals surface area contributed by atoms with Crippen molar-refractivity contribution < 1.29 is 18.7 Å². The molecule has 0 bridgehead atoms. The van der Waals surface area contributed by atoms with Gasteiger partial charge in [-0.25, -0.2) is 4.39 Å². The lowest BCUT2D eigenvalue weighted by Gasteiger charge is -2.12. The number of halogens is 2. The number of aryl methyl sites for hydroxylation is 1. The van der Waals surface area contributed by atoms with Crippen LogP contribution in [-0.4, -0.2) is 33.1 Å². The number of hydrogen-bond acceptors (Lipinski definition) is 6. The molecule has 11 heteroatoms. The van der Waals surface area contributed by atoms with E-state index < -0.39 is 17.3 Å². The number of rotatable bonds is 7. The second-order valence-corrected chi connectivity index (χ2v) is 8.75. The summed E-state index contributed by atoms with van der Waals surface area (Å²) in [6.45, 7) is 3.87. The summed E-state index contributed by atoms with van der Waals surface area (Å²) >= 11 is 3.17. The molecule has 0 spiro atoms. The number of aromatic nitrogens is 3. The fourth-order valence-electron chi connectivity index (χ4n) is 3.38. The number of ether oxygens (including phenoxy) is 1. The molecule has 0 unspecified atom stereocenters. The van der Waals surface area contributed by atoms with Crippen LogP contribution >= 0.6 is 15.9 Å². The molecule has 4 rings (SSSR count). The maximum absolute atomic E-state index is 14.4. The van der Waals surface area contributed by atoms with Crippen molar-refractivity contribution in [1.82, 2.24) is 20.1 Å². The Kier molecular flexibility index (Phi) is 7.73. The topological polar surface area (TPSA) is 115 Å². The van der Waals surface area contributed by atoms with Crippen molar-refractivity contribution in [3.05, 3.63) is 104 Å². The summed E-state index contributed by atoms with van der Waals surface area (Å²) < 4.78 is 21.6. The van der Waals surface area contributed by atoms with Crippen molar-refractivity contribution in [2.45, 2.75) is 13.8 Å². The lowest BCUT2D eigenvalue weighted by Crippen LogP contribution is -2.27. The van der Waals surface area contributed by atoms with Crippen LogP contribution in [0.5, 0.6) is 11.5 Å². The zero-order valence-corrected chi connectivity index (χ0v) is 21.4. The zero-order chi connectivity index (χ0) is 26.5. The van der Waals surface area contributed by atoms with E-state index >= 15 is 0 Å². The molecule has 188 valence electrons. The average molecular weight is 566 g/mol. The Morgan fingerprint density at radius 1 is 1.03 bits per heavy atom. The van der Waals surface area contributed by atoms with Gasteiger partial charge in [-0.2, -0.15) is 9.78 Å². The monoisotopic (exact) mass is 565 g/mol. The molecule has 0 fully saturated rings. The highest BCUT2D eigenvalue weighted by Crippen LogP contribution is 2.24. The fraction of sp³-hybridized carbons (Fsp3) is 0.115. The Labute approximate surface area is 219 Å². The molecule has 0 saturated heterocycles. The molecule has 2 aromatic carbocycles. The summed E-state index contributed by atoms with van der Waals surface area (Å²) in [7, 11) is 0. The number of nitrogens with one attached hydrogen (secondary N) is 2. The van der Waals surface area contributed by atoms with E-state index in [4.69, 9.17) is 4.74 Å². The van der Waals surface area contributed by atoms with Gasteiger partial charge in [0.05, 0.1) is 0 Å². The summed E-state index contributed by atoms with van der Waals surface area (Å²) in [4.78, 5) is 41.4. The Morgan fingerprint density at radius 3 is 2.49 bits per heavy atom. The normalized spacial score (nSPS) is 10.6. The Morgan fingerprint density at radius 2 is 1.78 bits per heavy atom. The Hall–Kier alpha value is -4.38. The van der Waals surface area contributed by atoms with Crippen LogP contribution in [0.3, 0.4) is 0 Å². The van der Waals surface area contributed by atoms with Crippen LogP contribution < -0.4 is 20.9 Å². The first-order valence-corrected chi connectivity index (χ1v) is 11.9. The Bertz CT molecular complexity index is 1540. The van der Waals surface area contributed by atoms with E-state index in [1.807, 2.05) is 6.92 Å². The van der Waals surface area contributed by atoms with Gasteiger partial charge in [-0.05, 0) is 67.9 Å². The highest BCUT2D eigenvalue weighted by molar-refractivity contribution is 9.10. The first-order chi connectivity index (χ1) is 17.7. The van der Waals surface area contributed by atoms with Gasteiger partial charge in [-0.1, -0.05) is 15.9 Å². The number of anilines is 1. The van der Waals surface area contributed by atoms with Crippen molar-refractivity contribution in [3.8, 4) is 17.2 Å². The molecule has 0 atom stereocenters. The average Bonchev–Trinajstić information content (AvgIpc) is 2.86. The molecule has 4 aromatic rings. The molecule has 9 nitrogen and oxygen atoms in total. The minimum Gasteiger partial charge on any atom is -0.457 e. The predicted octanol–water partition coefficient (Wildman–Crippen LogP) is 4.63. The standard InChI is InChI=1S/C26H21BrFN5O4/c1-3-29-25(35)21-14-19(10-11-30-21)37-18-7-5-17(6-8-18)31-26(36)24-15(2)12-23(34)33(32-24)22-9-4-16(27)13-20(22)28/h4-14H,3H2,1-2H3,(H,29,35)(H,31,36). The second kappa shape index (κ2) is 11.1. The van der Waals surface area contributed by atoms with Gasteiger partial charge < -0.3 is 15.4 Å². The summed E-state index contributed by atoms with van der Waals surface area (Å²) in [6.07, 6.45) is 1.48. The number of hydrogen-bond donors (Lipinski definition) is 2. The van der Waals surface area contributed by atoms with Crippen LogP contribution in [0.25, 0.3) is 5.69 Å². The molecule has 37 heavy (non-hydrogen) atoms. The van der Waals surface area contributed by atoms with Gasteiger partial charge in [0.25, 0.3) is 17.4 Å². The molecule has 2 N–H and O–H groups in total. The highest BCUT2D eigenvalue weighted by Gasteiger charge is 2.17. The number of amides is 2. The van der Waals surface area contributed by atoms with E-state index in [1.54, 1.807) is 43.3 Å². The lowest BCUT2D eigenvalue weighted by molar-refractivity contribution is 0.0949. The smallest absolute Gasteiger partial charge is 0.276 e. The lowest BCUT2D eigenvalue weighted by atomic mass is 10.2. The summed E-state index contributed by atoms with van der Waals surface area (Å²) in [5.74, 6) is -0.640. The molecule has 0 aliphatic rings. The summed E-state index contributed by atoms with van der Waals surface area (Å²) in [5.41, 5.74) is 0.353. The highest BCUT2D eigenvalue weighted by atomic mass is 79.9. The van der Waals surface area contributed by atoms with Crippen LogP contribution in [0, 0.1) is 12.7 Å². The summed E-state index contributed by atoms with van der Waals surface area (Å²) in [5, 5.41) is 9.50. The van der Waals surface area contributed by atoms with Crippen molar-refractivity contribution in [3.63, 3.8) is 0 Å². The van der Waals surface area contributed by atoms with Crippen LogP contribution in [0.4, 0.5) is 10.1 Å². The van der Waals surface area contributed by atoms with E-state index in [0.29, 0.717) is 33.8 Å². The minimum absolute atomic E-state index is 0.0306. The van der Waals surface area contributed by atoms with Gasteiger partial charge in [-0.3, -0.25) is 19.4 Å². The van der Waals surface area contributed by atoms with E-state index in [9.17, 15) is 18.8 Å². The molecular weight excluding hydrogens is 545 g/mol. The second-order valence-electron chi connectivity index (χ2n) is 7.84. The quantitative estimate of drug-likeness (QED) is 0.337. The maximum atomic E-state index is 14.4. The summed E-state index contributed by atoms with van der Waals surface area (Å²) in [6, 6.07) is 15.1. The van der Waals surface area contributed by atoms with Crippen LogP contribution in [0.1, 0.15) is 33.5 Å². The van der Waals surface area contributed by atoms with Crippen LogP contribution in [0.15, 0.2) is 76.1 Å². The number of nitrogens with zero attached hydrogens (tertiary/aromatic N) is 3. The van der Waals surface area contributed by atoms with E-state index in [0.717, 1.165) is 4.68 Å². The van der Waals surface area contributed by atoms with Crippen molar-refractivity contribution in [2.24, 2.45) is 0 Å².